The van der Waals surface area contributed by atoms with Crippen LogP contribution in [0, 0.1) is 0 Å². The van der Waals surface area contributed by atoms with Crippen LogP contribution in [0.3, 0.4) is 0 Å². The summed E-state index contributed by atoms with van der Waals surface area (Å²) in [6, 6.07) is 1.93. The molecule has 0 aliphatic rings. The number of halogens is 1. The van der Waals surface area contributed by atoms with Crippen molar-refractivity contribution < 1.29 is 10.2 Å². The van der Waals surface area contributed by atoms with Crippen molar-refractivity contribution in [3.63, 3.8) is 0 Å². The molecule has 0 saturated heterocycles. The number of unbranched alkanes of at least 4 members (excludes halogenated alkanes) is 2. The largest absolute Gasteiger partial charge is 0.504 e. The van der Waals surface area contributed by atoms with Gasteiger partial charge in [-0.1, -0.05) is 44.4 Å². The summed E-state index contributed by atoms with van der Waals surface area (Å²) in [6.45, 7) is 4.22. The molecule has 1 aromatic rings. The summed E-state index contributed by atoms with van der Waals surface area (Å²) in [4.78, 5) is 0. The molecule has 0 bridgehead atoms. The van der Waals surface area contributed by atoms with Gasteiger partial charge in [0.05, 0.1) is 5.02 Å². The van der Waals surface area contributed by atoms with E-state index in [1.165, 1.54) is 0 Å². The molecule has 0 saturated carbocycles. The molecule has 2 nitrogen and oxygen atoms in total. The molecule has 0 aliphatic carbocycles. The van der Waals surface area contributed by atoms with Crippen LogP contribution in [0.15, 0.2) is 6.07 Å². The third kappa shape index (κ3) is 3.53. The van der Waals surface area contributed by atoms with Gasteiger partial charge in [0.25, 0.3) is 0 Å². The van der Waals surface area contributed by atoms with Crippen LogP contribution in [0.1, 0.15) is 50.7 Å². The Morgan fingerprint density at radius 3 is 2.00 bits per heavy atom. The summed E-state index contributed by atoms with van der Waals surface area (Å²) in [5.41, 5.74) is 1.75. The first-order valence-electron chi connectivity index (χ1n) is 6.33. The molecule has 0 aromatic heterocycles. The normalized spacial score (nSPS) is 10.8. The van der Waals surface area contributed by atoms with Gasteiger partial charge in [-0.15, -0.1) is 0 Å². The predicted octanol–water partition coefficient (Wildman–Crippen LogP) is 4.44. The van der Waals surface area contributed by atoms with E-state index in [1.807, 2.05) is 6.07 Å². The van der Waals surface area contributed by atoms with Gasteiger partial charge in [0, 0.05) is 0 Å². The number of aromatic hydroxyl groups is 2. The van der Waals surface area contributed by atoms with Crippen molar-refractivity contribution in [1.82, 2.24) is 0 Å². The Balaban J connectivity index is 3.01. The summed E-state index contributed by atoms with van der Waals surface area (Å²) in [5.74, 6) is -0.213. The van der Waals surface area contributed by atoms with Crippen molar-refractivity contribution in [3.05, 3.63) is 22.2 Å². The van der Waals surface area contributed by atoms with Crippen LogP contribution in [0.5, 0.6) is 11.5 Å². The summed E-state index contributed by atoms with van der Waals surface area (Å²) in [6.07, 6.45) is 5.82. The van der Waals surface area contributed by atoms with Gasteiger partial charge in [-0.25, -0.2) is 0 Å². The second kappa shape index (κ2) is 6.75. The molecular formula is C14H21ClO2. The zero-order valence-corrected chi connectivity index (χ0v) is 11.3. The highest BCUT2D eigenvalue weighted by atomic mass is 35.5. The number of rotatable bonds is 6. The van der Waals surface area contributed by atoms with Gasteiger partial charge >= 0.3 is 0 Å². The predicted molar refractivity (Wildman–Crippen MR) is 72.0 cm³/mol. The molecule has 0 heterocycles. The Morgan fingerprint density at radius 2 is 1.47 bits per heavy atom. The van der Waals surface area contributed by atoms with Gasteiger partial charge in [0.1, 0.15) is 0 Å². The SMILES string of the molecule is CCCCc1cc(CCCC)c(Cl)c(O)c1O. The van der Waals surface area contributed by atoms with E-state index in [0.29, 0.717) is 5.02 Å². The first-order chi connectivity index (χ1) is 8.11. The lowest BCUT2D eigenvalue weighted by Gasteiger charge is -2.12. The summed E-state index contributed by atoms with van der Waals surface area (Å²) in [5, 5.41) is 19.9. The minimum atomic E-state index is -0.161. The highest BCUT2D eigenvalue weighted by molar-refractivity contribution is 6.33. The standard InChI is InChI=1S/C14H21ClO2/c1-3-5-7-10-9-11(8-6-4-2)13(16)14(17)12(10)15/h9,16-17H,3-8H2,1-2H3. The fourth-order valence-corrected chi connectivity index (χ4v) is 2.10. The minimum absolute atomic E-state index is 0.0521. The average Bonchev–Trinajstić information content (AvgIpc) is 2.34. The smallest absolute Gasteiger partial charge is 0.177 e. The van der Waals surface area contributed by atoms with Gasteiger partial charge in [0.2, 0.25) is 0 Å². The highest BCUT2D eigenvalue weighted by Gasteiger charge is 2.14. The number of phenols is 2. The van der Waals surface area contributed by atoms with E-state index in [-0.39, 0.29) is 11.5 Å². The first-order valence-corrected chi connectivity index (χ1v) is 6.71. The van der Waals surface area contributed by atoms with Gasteiger partial charge in [-0.3, -0.25) is 0 Å². The minimum Gasteiger partial charge on any atom is -0.504 e. The van der Waals surface area contributed by atoms with Crippen molar-refractivity contribution in [2.75, 3.05) is 0 Å². The molecule has 0 fully saturated rings. The molecule has 1 aromatic carbocycles. The van der Waals surface area contributed by atoms with Crippen LogP contribution >= 0.6 is 11.6 Å². The average molecular weight is 257 g/mol. The van der Waals surface area contributed by atoms with E-state index in [4.69, 9.17) is 11.6 Å². The van der Waals surface area contributed by atoms with E-state index < -0.39 is 0 Å². The molecule has 0 unspecified atom stereocenters. The first kappa shape index (κ1) is 14.2. The van der Waals surface area contributed by atoms with Crippen molar-refractivity contribution in [2.45, 2.75) is 52.4 Å². The Labute approximate surface area is 108 Å². The highest BCUT2D eigenvalue weighted by Crippen LogP contribution is 2.39. The fraction of sp³-hybridized carbons (Fsp3) is 0.571. The van der Waals surface area contributed by atoms with Crippen molar-refractivity contribution >= 4 is 11.6 Å². The van der Waals surface area contributed by atoms with E-state index in [0.717, 1.165) is 49.7 Å². The molecule has 0 amide bonds. The Hall–Kier alpha value is -0.890. The Morgan fingerprint density at radius 1 is 0.941 bits per heavy atom. The molecule has 3 heteroatoms. The second-order valence-electron chi connectivity index (χ2n) is 4.41. The molecule has 0 spiro atoms. The lowest BCUT2D eigenvalue weighted by molar-refractivity contribution is 0.398. The van der Waals surface area contributed by atoms with E-state index in [9.17, 15) is 10.2 Å². The fourth-order valence-electron chi connectivity index (χ4n) is 1.86. The number of benzene rings is 1. The molecule has 2 N–H and O–H groups in total. The maximum atomic E-state index is 9.82. The lowest BCUT2D eigenvalue weighted by Crippen LogP contribution is -1.93. The topological polar surface area (TPSA) is 40.5 Å². The second-order valence-corrected chi connectivity index (χ2v) is 4.79. The number of phenolic OH excluding ortho intramolecular Hbond substituents is 2. The number of aryl methyl sites for hydroxylation is 2. The van der Waals surface area contributed by atoms with Crippen LogP contribution in [0.2, 0.25) is 5.02 Å². The van der Waals surface area contributed by atoms with Gasteiger partial charge in [0.15, 0.2) is 11.5 Å². The van der Waals surface area contributed by atoms with E-state index in [1.54, 1.807) is 0 Å². The summed E-state index contributed by atoms with van der Waals surface area (Å²) < 4.78 is 0. The number of hydrogen-bond acceptors (Lipinski definition) is 2. The van der Waals surface area contributed by atoms with Crippen molar-refractivity contribution in [2.24, 2.45) is 0 Å². The van der Waals surface area contributed by atoms with Crippen molar-refractivity contribution in [3.8, 4) is 11.5 Å². The molecule has 96 valence electrons. The van der Waals surface area contributed by atoms with Crippen LogP contribution in [0.25, 0.3) is 0 Å². The molecule has 0 radical (unpaired) electrons. The quantitative estimate of drug-likeness (QED) is 0.739. The third-order valence-corrected chi connectivity index (χ3v) is 3.39. The van der Waals surface area contributed by atoms with Gasteiger partial charge in [-0.05, 0) is 36.8 Å². The lowest BCUT2D eigenvalue weighted by atomic mass is 10.0. The summed E-state index contributed by atoms with van der Waals surface area (Å²) in [7, 11) is 0. The maximum Gasteiger partial charge on any atom is 0.177 e. The van der Waals surface area contributed by atoms with E-state index in [2.05, 4.69) is 13.8 Å². The molecule has 0 atom stereocenters. The maximum absolute atomic E-state index is 9.82. The molecule has 1 rings (SSSR count). The monoisotopic (exact) mass is 256 g/mol. The number of hydrogen-bond donors (Lipinski definition) is 2. The molecule has 17 heavy (non-hydrogen) atoms. The Bertz CT molecular complexity index is 343. The Kier molecular flexibility index (Phi) is 5.63. The van der Waals surface area contributed by atoms with Gasteiger partial charge < -0.3 is 10.2 Å². The zero-order chi connectivity index (χ0) is 12.8. The van der Waals surface area contributed by atoms with Crippen LogP contribution in [-0.4, -0.2) is 10.2 Å². The van der Waals surface area contributed by atoms with Crippen LogP contribution in [0.4, 0.5) is 0 Å². The zero-order valence-electron chi connectivity index (χ0n) is 10.6. The van der Waals surface area contributed by atoms with E-state index >= 15 is 0 Å². The van der Waals surface area contributed by atoms with Crippen LogP contribution < -0.4 is 0 Å². The van der Waals surface area contributed by atoms with Gasteiger partial charge in [-0.2, -0.15) is 0 Å². The summed E-state index contributed by atoms with van der Waals surface area (Å²) >= 11 is 6.03. The molecular weight excluding hydrogens is 236 g/mol. The molecule has 0 aliphatic heterocycles. The third-order valence-electron chi connectivity index (χ3n) is 2.97. The van der Waals surface area contributed by atoms with Crippen molar-refractivity contribution in [1.29, 1.82) is 0 Å². The van der Waals surface area contributed by atoms with Crippen LogP contribution in [-0.2, 0) is 12.8 Å².